The largest absolute Gasteiger partial charge is 0.378 e. The van der Waals surface area contributed by atoms with Crippen LogP contribution in [0.1, 0.15) is 64.9 Å². The van der Waals surface area contributed by atoms with Crippen molar-refractivity contribution in [1.82, 2.24) is 0 Å². The van der Waals surface area contributed by atoms with E-state index in [0.29, 0.717) is 25.7 Å². The van der Waals surface area contributed by atoms with Crippen LogP contribution in [0.5, 0.6) is 0 Å². The van der Waals surface area contributed by atoms with Gasteiger partial charge in [0, 0.05) is 5.56 Å². The first-order valence-electron chi connectivity index (χ1n) is 9.55. The van der Waals surface area contributed by atoms with Gasteiger partial charge >= 0.3 is 0 Å². The normalized spacial score (nSPS) is 21.0. The second-order valence-electron chi connectivity index (χ2n) is 7.69. The summed E-state index contributed by atoms with van der Waals surface area (Å²) in [6, 6.07) is 0. The molecule has 1 saturated carbocycles. The predicted octanol–water partition coefficient (Wildman–Crippen LogP) is 5.06. The van der Waals surface area contributed by atoms with E-state index in [2.05, 4.69) is 0 Å². The number of rotatable bonds is 8. The summed E-state index contributed by atoms with van der Waals surface area (Å²) < 4.78 is 85.1. The van der Waals surface area contributed by atoms with Crippen LogP contribution in [-0.2, 0) is 13.9 Å². The van der Waals surface area contributed by atoms with Gasteiger partial charge in [-0.3, -0.25) is 0 Å². The number of benzene rings is 1. The van der Waals surface area contributed by atoms with E-state index in [1.165, 1.54) is 0 Å². The van der Waals surface area contributed by atoms with E-state index in [9.17, 15) is 22.0 Å². The summed E-state index contributed by atoms with van der Waals surface area (Å²) in [4.78, 5) is 0. The molecule has 1 aliphatic rings. The van der Waals surface area contributed by atoms with Crippen molar-refractivity contribution < 1.29 is 35.9 Å². The summed E-state index contributed by atoms with van der Waals surface area (Å²) in [6.45, 7) is 6.74. The van der Waals surface area contributed by atoms with E-state index < -0.39 is 56.8 Å². The van der Waals surface area contributed by atoms with E-state index >= 15 is 0 Å². The van der Waals surface area contributed by atoms with Gasteiger partial charge in [0.1, 0.15) is 0 Å². The lowest BCUT2D eigenvalue weighted by molar-refractivity contribution is -0.276. The number of hydrogen-bond acceptors (Lipinski definition) is 3. The molecule has 0 saturated heterocycles. The minimum absolute atomic E-state index is 0.0669. The summed E-state index contributed by atoms with van der Waals surface area (Å²) in [5.41, 5.74) is -0.465. The molecule has 1 aliphatic carbocycles. The van der Waals surface area contributed by atoms with Crippen molar-refractivity contribution in [3.05, 3.63) is 34.6 Å². The van der Waals surface area contributed by atoms with Crippen molar-refractivity contribution in [3.63, 3.8) is 0 Å². The van der Waals surface area contributed by atoms with Crippen LogP contribution in [0.25, 0.3) is 0 Å². The summed E-state index contributed by atoms with van der Waals surface area (Å²) in [5.74, 6) is -10.0. The third-order valence-electron chi connectivity index (χ3n) is 4.73. The Morgan fingerprint density at radius 2 is 1.14 bits per heavy atom. The Morgan fingerprint density at radius 1 is 0.714 bits per heavy atom. The van der Waals surface area contributed by atoms with Gasteiger partial charge in [-0.1, -0.05) is 12.8 Å². The van der Waals surface area contributed by atoms with Gasteiger partial charge in [0.15, 0.2) is 33.0 Å². The first-order valence-corrected chi connectivity index (χ1v) is 10.9. The van der Waals surface area contributed by atoms with Crippen LogP contribution in [0.4, 0.5) is 22.0 Å². The summed E-state index contributed by atoms with van der Waals surface area (Å²) in [6.07, 6.45) is 1.77. The summed E-state index contributed by atoms with van der Waals surface area (Å²) in [7, 11) is -1.06. The Hall–Kier alpha value is -1.03. The van der Waals surface area contributed by atoms with Crippen molar-refractivity contribution in [1.29, 1.82) is 0 Å². The highest BCUT2D eigenvalue weighted by atomic mass is 28.2. The molecule has 1 fully saturated rings. The van der Waals surface area contributed by atoms with Crippen molar-refractivity contribution in [2.75, 3.05) is 0 Å². The molecule has 0 spiro atoms. The van der Waals surface area contributed by atoms with E-state index in [1.54, 1.807) is 0 Å². The maximum Gasteiger partial charge on any atom is 0.262 e. The maximum absolute atomic E-state index is 14.0. The van der Waals surface area contributed by atoms with E-state index in [1.807, 2.05) is 27.7 Å². The van der Waals surface area contributed by atoms with Gasteiger partial charge in [0.05, 0.1) is 12.2 Å². The molecule has 0 aromatic heterocycles. The van der Waals surface area contributed by atoms with Gasteiger partial charge in [-0.05, 0) is 52.0 Å². The SMILES string of the molecule is CC(C)OC(O[SiH2]C1CCC(c2c(F)c(F)c(F)c(F)c2F)CC1)OC(C)C. The number of ether oxygens (including phenoxy) is 2. The lowest BCUT2D eigenvalue weighted by Gasteiger charge is -2.30. The maximum atomic E-state index is 14.0. The fourth-order valence-electron chi connectivity index (χ4n) is 3.37. The molecule has 0 bridgehead atoms. The van der Waals surface area contributed by atoms with Gasteiger partial charge in [0.2, 0.25) is 5.82 Å². The second-order valence-corrected chi connectivity index (χ2v) is 9.51. The van der Waals surface area contributed by atoms with Crippen LogP contribution >= 0.6 is 0 Å². The van der Waals surface area contributed by atoms with E-state index in [-0.39, 0.29) is 17.7 Å². The van der Waals surface area contributed by atoms with E-state index in [4.69, 9.17) is 13.9 Å². The van der Waals surface area contributed by atoms with Crippen LogP contribution < -0.4 is 0 Å². The van der Waals surface area contributed by atoms with Crippen molar-refractivity contribution in [2.45, 2.75) is 83.5 Å². The Bertz CT molecular complexity index is 624. The van der Waals surface area contributed by atoms with Crippen LogP contribution in [0.3, 0.4) is 0 Å². The molecule has 160 valence electrons. The quantitative estimate of drug-likeness (QED) is 0.191. The molecular weight excluding hydrogens is 399 g/mol. The van der Waals surface area contributed by atoms with Gasteiger partial charge < -0.3 is 13.9 Å². The fraction of sp³-hybridized carbons (Fsp3) is 0.684. The molecule has 0 radical (unpaired) electrons. The summed E-state index contributed by atoms with van der Waals surface area (Å²) >= 11 is 0. The van der Waals surface area contributed by atoms with Crippen LogP contribution in [0.15, 0.2) is 0 Å². The van der Waals surface area contributed by atoms with Crippen LogP contribution in [0.2, 0.25) is 5.54 Å². The molecular formula is C19H27F5O3Si. The predicted molar refractivity (Wildman–Crippen MR) is 97.1 cm³/mol. The van der Waals surface area contributed by atoms with Crippen molar-refractivity contribution >= 4 is 9.76 Å². The molecule has 0 unspecified atom stereocenters. The third-order valence-corrected chi connectivity index (χ3v) is 6.49. The topological polar surface area (TPSA) is 27.7 Å². The Morgan fingerprint density at radius 3 is 1.57 bits per heavy atom. The van der Waals surface area contributed by atoms with E-state index in [0.717, 1.165) is 0 Å². The molecule has 2 rings (SSSR count). The lowest BCUT2D eigenvalue weighted by Crippen LogP contribution is -2.30. The highest BCUT2D eigenvalue weighted by Crippen LogP contribution is 2.41. The average molecular weight is 426 g/mol. The molecule has 0 atom stereocenters. The zero-order valence-electron chi connectivity index (χ0n) is 16.5. The first kappa shape index (κ1) is 23.2. The average Bonchev–Trinajstić information content (AvgIpc) is 2.63. The summed E-state index contributed by atoms with van der Waals surface area (Å²) in [5, 5.41) is 0. The second kappa shape index (κ2) is 10.1. The minimum atomic E-state index is -2.12. The fourth-order valence-corrected chi connectivity index (χ4v) is 4.76. The minimum Gasteiger partial charge on any atom is -0.378 e. The molecule has 28 heavy (non-hydrogen) atoms. The highest BCUT2D eigenvalue weighted by Gasteiger charge is 2.33. The zero-order chi connectivity index (χ0) is 21.0. The molecule has 9 heteroatoms. The number of halogens is 5. The third kappa shape index (κ3) is 5.74. The molecule has 3 nitrogen and oxygen atoms in total. The zero-order valence-corrected chi connectivity index (χ0v) is 18.0. The Kier molecular flexibility index (Phi) is 8.41. The van der Waals surface area contributed by atoms with Crippen molar-refractivity contribution in [2.24, 2.45) is 0 Å². The molecule has 0 N–H and O–H groups in total. The molecule has 0 aliphatic heterocycles. The molecule has 1 aromatic rings. The molecule has 1 aromatic carbocycles. The van der Waals surface area contributed by atoms with Crippen LogP contribution in [-0.4, -0.2) is 28.4 Å². The van der Waals surface area contributed by atoms with Gasteiger partial charge in [-0.15, -0.1) is 0 Å². The van der Waals surface area contributed by atoms with Crippen molar-refractivity contribution in [3.8, 4) is 0 Å². The first-order chi connectivity index (χ1) is 13.1. The highest BCUT2D eigenvalue weighted by molar-refractivity contribution is 6.29. The molecule has 0 heterocycles. The number of hydrogen-bond donors (Lipinski definition) is 0. The van der Waals surface area contributed by atoms with Crippen LogP contribution in [0, 0.1) is 29.1 Å². The standard InChI is InChI=1S/C19H27F5O3Si/c1-9(2)25-19(26-10(3)4)27-28-12-7-5-11(6-8-12)13-14(20)16(22)18(24)17(23)15(13)21/h9-12,19H,5-8,28H2,1-4H3. The van der Waals surface area contributed by atoms with Gasteiger partial charge in [0.25, 0.3) is 6.48 Å². The Labute approximate surface area is 164 Å². The smallest absolute Gasteiger partial charge is 0.262 e. The van der Waals surface area contributed by atoms with Gasteiger partial charge in [-0.25, -0.2) is 22.0 Å². The van der Waals surface area contributed by atoms with Gasteiger partial charge in [-0.2, -0.15) is 0 Å². The monoisotopic (exact) mass is 426 g/mol. The molecule has 0 amide bonds. The Balaban J connectivity index is 1.96. The lowest BCUT2D eigenvalue weighted by atomic mass is 9.83.